The maximum Gasteiger partial charge on any atom is 0.115 e. The number of aliphatic hydroxyl groups is 1. The number of ether oxygens (including phenoxy) is 1. The van der Waals surface area contributed by atoms with Gasteiger partial charge in [0.1, 0.15) is 5.75 Å². The lowest BCUT2D eigenvalue weighted by molar-refractivity contribution is 0.0222. The van der Waals surface area contributed by atoms with Crippen molar-refractivity contribution in [2.45, 2.75) is 44.2 Å². The normalized spacial score (nSPS) is 21.2. The first-order valence-electron chi connectivity index (χ1n) is 7.28. The minimum Gasteiger partial charge on any atom is -0.508 e. The van der Waals surface area contributed by atoms with Gasteiger partial charge in [-0.3, -0.25) is 0 Å². The summed E-state index contributed by atoms with van der Waals surface area (Å²) in [6.45, 7) is 2.94. The van der Waals surface area contributed by atoms with Crippen molar-refractivity contribution in [2.75, 3.05) is 20.3 Å². The minimum atomic E-state index is -0.759. The van der Waals surface area contributed by atoms with Crippen LogP contribution >= 0.6 is 0 Å². The Morgan fingerprint density at radius 2 is 2.25 bits per heavy atom. The fourth-order valence-corrected chi connectivity index (χ4v) is 2.77. The number of methoxy groups -OCH3 is 1. The number of aryl methyl sites for hydroxylation is 1. The molecule has 0 bridgehead atoms. The second-order valence-electron chi connectivity index (χ2n) is 5.95. The molecule has 1 aliphatic carbocycles. The highest BCUT2D eigenvalue weighted by atomic mass is 16.5. The Kier molecular flexibility index (Phi) is 5.02. The monoisotopic (exact) mass is 279 g/mol. The van der Waals surface area contributed by atoms with Crippen molar-refractivity contribution in [2.24, 2.45) is 0 Å². The molecule has 1 aromatic carbocycles. The number of rotatable bonds is 6. The first-order chi connectivity index (χ1) is 9.52. The van der Waals surface area contributed by atoms with E-state index in [0.717, 1.165) is 19.3 Å². The van der Waals surface area contributed by atoms with E-state index < -0.39 is 5.60 Å². The summed E-state index contributed by atoms with van der Waals surface area (Å²) in [6.07, 6.45) is 3.81. The molecule has 4 heteroatoms. The molecule has 0 saturated heterocycles. The van der Waals surface area contributed by atoms with Gasteiger partial charge >= 0.3 is 0 Å². The summed E-state index contributed by atoms with van der Waals surface area (Å²) in [6, 6.07) is 5.84. The number of nitrogens with one attached hydrogen (secondary N) is 1. The molecule has 0 heterocycles. The molecular weight excluding hydrogens is 254 g/mol. The maximum absolute atomic E-state index is 10.3. The van der Waals surface area contributed by atoms with Crippen LogP contribution in [0.5, 0.6) is 5.75 Å². The zero-order valence-electron chi connectivity index (χ0n) is 12.4. The molecule has 112 valence electrons. The first-order valence-corrected chi connectivity index (χ1v) is 7.28. The van der Waals surface area contributed by atoms with Crippen LogP contribution in [0.15, 0.2) is 18.2 Å². The molecule has 0 radical (unpaired) electrons. The van der Waals surface area contributed by atoms with Gasteiger partial charge in [0, 0.05) is 32.7 Å². The standard InChI is InChI=1S/C16H25NO3/c1-16(19,8-9-20-2)11-17-15-5-3-4-12-10-13(18)6-7-14(12)15/h6-7,10,15,17-19H,3-5,8-9,11H2,1-2H3. The Hall–Kier alpha value is -1.10. The summed E-state index contributed by atoms with van der Waals surface area (Å²) in [7, 11) is 1.65. The summed E-state index contributed by atoms with van der Waals surface area (Å²) >= 11 is 0. The van der Waals surface area contributed by atoms with Crippen LogP contribution in [0.2, 0.25) is 0 Å². The number of phenols is 1. The van der Waals surface area contributed by atoms with Gasteiger partial charge in [0.2, 0.25) is 0 Å². The highest BCUT2D eigenvalue weighted by Crippen LogP contribution is 2.32. The molecule has 0 aromatic heterocycles. The molecule has 0 aliphatic heterocycles. The Morgan fingerprint density at radius 1 is 1.45 bits per heavy atom. The van der Waals surface area contributed by atoms with Crippen molar-refractivity contribution >= 4 is 0 Å². The summed E-state index contributed by atoms with van der Waals surface area (Å²) in [4.78, 5) is 0. The van der Waals surface area contributed by atoms with E-state index in [2.05, 4.69) is 5.32 Å². The SMILES string of the molecule is COCCC(C)(O)CNC1CCCc2cc(O)ccc21. The molecule has 1 aliphatic rings. The molecule has 20 heavy (non-hydrogen) atoms. The van der Waals surface area contributed by atoms with E-state index in [4.69, 9.17) is 4.74 Å². The van der Waals surface area contributed by atoms with E-state index in [-0.39, 0.29) is 6.04 Å². The number of fused-ring (bicyclic) bond motifs is 1. The molecule has 0 saturated carbocycles. The Bertz CT molecular complexity index is 445. The van der Waals surface area contributed by atoms with E-state index in [1.807, 2.05) is 19.1 Å². The van der Waals surface area contributed by atoms with E-state index in [0.29, 0.717) is 25.3 Å². The van der Waals surface area contributed by atoms with Crippen LogP contribution in [-0.4, -0.2) is 36.1 Å². The summed E-state index contributed by atoms with van der Waals surface area (Å²) in [5, 5.41) is 23.3. The lowest BCUT2D eigenvalue weighted by atomic mass is 9.87. The third-order valence-corrected chi connectivity index (χ3v) is 4.01. The average molecular weight is 279 g/mol. The molecule has 2 unspecified atom stereocenters. The molecular formula is C16H25NO3. The Morgan fingerprint density at radius 3 is 3.00 bits per heavy atom. The van der Waals surface area contributed by atoms with Crippen LogP contribution in [0, 0.1) is 0 Å². The predicted octanol–water partition coefficient (Wildman–Crippen LogP) is 2.15. The van der Waals surface area contributed by atoms with Crippen molar-refractivity contribution < 1.29 is 14.9 Å². The third-order valence-electron chi connectivity index (χ3n) is 4.01. The van der Waals surface area contributed by atoms with E-state index in [1.165, 1.54) is 11.1 Å². The van der Waals surface area contributed by atoms with Crippen LogP contribution < -0.4 is 5.32 Å². The van der Waals surface area contributed by atoms with Crippen molar-refractivity contribution in [3.63, 3.8) is 0 Å². The van der Waals surface area contributed by atoms with Gasteiger partial charge in [0.15, 0.2) is 0 Å². The van der Waals surface area contributed by atoms with Crippen LogP contribution in [0.3, 0.4) is 0 Å². The zero-order valence-corrected chi connectivity index (χ0v) is 12.4. The van der Waals surface area contributed by atoms with Gasteiger partial charge in [-0.25, -0.2) is 0 Å². The van der Waals surface area contributed by atoms with Crippen molar-refractivity contribution in [1.29, 1.82) is 0 Å². The lowest BCUT2D eigenvalue weighted by Crippen LogP contribution is -2.41. The molecule has 3 N–H and O–H groups in total. The molecule has 1 aromatic rings. The minimum absolute atomic E-state index is 0.258. The van der Waals surface area contributed by atoms with Gasteiger partial charge in [-0.05, 0) is 49.4 Å². The summed E-state index contributed by atoms with van der Waals surface area (Å²) in [5.41, 5.74) is 1.70. The average Bonchev–Trinajstić information content (AvgIpc) is 2.42. The number of aromatic hydroxyl groups is 1. The second-order valence-corrected chi connectivity index (χ2v) is 5.95. The topological polar surface area (TPSA) is 61.7 Å². The fourth-order valence-electron chi connectivity index (χ4n) is 2.77. The van der Waals surface area contributed by atoms with Crippen LogP contribution in [-0.2, 0) is 11.2 Å². The number of hydrogen-bond donors (Lipinski definition) is 3. The smallest absolute Gasteiger partial charge is 0.115 e. The van der Waals surface area contributed by atoms with E-state index in [9.17, 15) is 10.2 Å². The third kappa shape index (κ3) is 3.95. The quantitative estimate of drug-likeness (QED) is 0.746. The van der Waals surface area contributed by atoms with Gasteiger partial charge in [-0.15, -0.1) is 0 Å². The van der Waals surface area contributed by atoms with Gasteiger partial charge in [-0.1, -0.05) is 6.07 Å². The molecule has 4 nitrogen and oxygen atoms in total. The highest BCUT2D eigenvalue weighted by Gasteiger charge is 2.25. The Balaban J connectivity index is 1.98. The van der Waals surface area contributed by atoms with Gasteiger partial charge in [-0.2, -0.15) is 0 Å². The van der Waals surface area contributed by atoms with Crippen LogP contribution in [0.4, 0.5) is 0 Å². The zero-order chi connectivity index (χ0) is 14.6. The molecule has 2 rings (SSSR count). The largest absolute Gasteiger partial charge is 0.508 e. The Labute approximate surface area is 120 Å². The summed E-state index contributed by atoms with van der Waals surface area (Å²) in [5.74, 6) is 0.330. The highest BCUT2D eigenvalue weighted by molar-refractivity contribution is 5.38. The van der Waals surface area contributed by atoms with E-state index in [1.54, 1.807) is 13.2 Å². The fraction of sp³-hybridized carbons (Fsp3) is 0.625. The van der Waals surface area contributed by atoms with Crippen molar-refractivity contribution in [1.82, 2.24) is 5.32 Å². The van der Waals surface area contributed by atoms with Gasteiger partial charge < -0.3 is 20.3 Å². The van der Waals surface area contributed by atoms with E-state index >= 15 is 0 Å². The number of benzene rings is 1. The van der Waals surface area contributed by atoms with Gasteiger partial charge in [0.25, 0.3) is 0 Å². The second kappa shape index (κ2) is 6.57. The molecule has 0 spiro atoms. The van der Waals surface area contributed by atoms with Crippen molar-refractivity contribution in [3.8, 4) is 5.75 Å². The number of phenolic OH excluding ortho intramolecular Hbond substituents is 1. The van der Waals surface area contributed by atoms with Crippen LogP contribution in [0.1, 0.15) is 43.4 Å². The first kappa shape index (κ1) is 15.3. The maximum atomic E-state index is 10.3. The van der Waals surface area contributed by atoms with Crippen molar-refractivity contribution in [3.05, 3.63) is 29.3 Å². The summed E-state index contributed by atoms with van der Waals surface area (Å²) < 4.78 is 5.02. The predicted molar refractivity (Wildman–Crippen MR) is 78.9 cm³/mol. The molecule has 2 atom stereocenters. The molecule has 0 fully saturated rings. The van der Waals surface area contributed by atoms with Gasteiger partial charge in [0.05, 0.1) is 5.60 Å². The number of hydrogen-bond acceptors (Lipinski definition) is 4. The van der Waals surface area contributed by atoms with Crippen LogP contribution in [0.25, 0.3) is 0 Å². The lowest BCUT2D eigenvalue weighted by Gasteiger charge is -2.31. The molecule has 0 amide bonds.